The summed E-state index contributed by atoms with van der Waals surface area (Å²) in [5.74, 6) is -2.06. The molecule has 1 aliphatic rings. The summed E-state index contributed by atoms with van der Waals surface area (Å²) in [4.78, 5) is 30.4. The first kappa shape index (κ1) is 21.8. The Labute approximate surface area is 181 Å². The Balaban J connectivity index is 1.80. The number of nitrogens with zero attached hydrogens (tertiary/aromatic N) is 1. The van der Waals surface area contributed by atoms with Crippen LogP contribution < -0.4 is 4.74 Å². The van der Waals surface area contributed by atoms with Crippen molar-refractivity contribution < 1.29 is 39.1 Å². The minimum absolute atomic E-state index is 0.0250. The Hall–Kier alpha value is -3.40. The van der Waals surface area contributed by atoms with Crippen LogP contribution in [0.5, 0.6) is 11.5 Å². The number of aliphatic hydroxyl groups excluding tert-OH is 3. The van der Waals surface area contributed by atoms with E-state index in [0.29, 0.717) is 0 Å². The number of halogens is 1. The van der Waals surface area contributed by atoms with Gasteiger partial charge in [-0.3, -0.25) is 14.6 Å². The number of benzene rings is 2. The van der Waals surface area contributed by atoms with Gasteiger partial charge in [0, 0.05) is 28.3 Å². The van der Waals surface area contributed by atoms with Crippen molar-refractivity contribution in [3.8, 4) is 11.5 Å². The van der Waals surface area contributed by atoms with Crippen LogP contribution in [-0.2, 0) is 0 Å². The van der Waals surface area contributed by atoms with Crippen LogP contribution in [0.4, 0.5) is 4.39 Å². The van der Waals surface area contributed by atoms with Gasteiger partial charge in [0.25, 0.3) is 0 Å². The van der Waals surface area contributed by atoms with E-state index < -0.39 is 48.4 Å². The van der Waals surface area contributed by atoms with Gasteiger partial charge < -0.3 is 25.2 Å². The molecule has 0 saturated carbocycles. The Morgan fingerprint density at radius 1 is 0.969 bits per heavy atom. The molecule has 8 nitrogen and oxygen atoms in total. The number of aromatic nitrogens is 1. The standard InChI is InChI=1S/C23H20FNO7/c1-10(26)18(27)21(30)14(24)9-32-23-17-13(7-4-8-25-17)15-16(22(23)31)20(29)12-6-3-2-5-11(12)19(15)28/h2-8,10,14,18,21,26-27,30-31H,9H2,1H3. The fourth-order valence-corrected chi connectivity index (χ4v) is 3.77. The van der Waals surface area contributed by atoms with Gasteiger partial charge in [0.05, 0.1) is 11.7 Å². The highest BCUT2D eigenvalue weighted by molar-refractivity contribution is 6.33. The van der Waals surface area contributed by atoms with Crippen molar-refractivity contribution in [3.05, 3.63) is 64.8 Å². The molecule has 1 aromatic heterocycles. The molecule has 1 aliphatic carbocycles. The number of alkyl halides is 1. The van der Waals surface area contributed by atoms with Gasteiger partial charge in [-0.1, -0.05) is 30.3 Å². The van der Waals surface area contributed by atoms with Gasteiger partial charge in [-0.05, 0) is 13.0 Å². The lowest BCUT2D eigenvalue weighted by Crippen LogP contribution is -2.43. The topological polar surface area (TPSA) is 137 Å². The average molecular weight is 441 g/mol. The molecular weight excluding hydrogens is 421 g/mol. The molecular formula is C23H20FNO7. The van der Waals surface area contributed by atoms with Crippen LogP contribution >= 0.6 is 0 Å². The summed E-state index contributed by atoms with van der Waals surface area (Å²) in [5, 5.41) is 40.0. The number of aliphatic hydroxyl groups is 3. The predicted molar refractivity (Wildman–Crippen MR) is 111 cm³/mol. The SMILES string of the molecule is CC(O)C(O)C(O)C(F)COc1c(O)c2c(c3cccnc13)C(=O)c1ccccc1C2=O. The van der Waals surface area contributed by atoms with Gasteiger partial charge in [0.15, 0.2) is 29.2 Å². The summed E-state index contributed by atoms with van der Waals surface area (Å²) >= 11 is 0. The Morgan fingerprint density at radius 2 is 1.59 bits per heavy atom. The summed E-state index contributed by atoms with van der Waals surface area (Å²) < 4.78 is 19.8. The van der Waals surface area contributed by atoms with Gasteiger partial charge in [0.2, 0.25) is 0 Å². The second-order valence-corrected chi connectivity index (χ2v) is 7.58. The van der Waals surface area contributed by atoms with Crippen LogP contribution in [0.1, 0.15) is 38.8 Å². The van der Waals surface area contributed by atoms with Crippen LogP contribution in [0.15, 0.2) is 42.6 Å². The summed E-state index contributed by atoms with van der Waals surface area (Å²) in [6.07, 6.45) is -5.85. The summed E-state index contributed by atoms with van der Waals surface area (Å²) in [6, 6.07) is 9.28. The van der Waals surface area contributed by atoms with Crippen molar-refractivity contribution in [1.82, 2.24) is 4.98 Å². The summed E-state index contributed by atoms with van der Waals surface area (Å²) in [5.41, 5.74) is 0.0461. The monoisotopic (exact) mass is 441 g/mol. The van der Waals surface area contributed by atoms with Crippen molar-refractivity contribution >= 4 is 22.5 Å². The Kier molecular flexibility index (Phi) is 5.64. The van der Waals surface area contributed by atoms with Crippen LogP contribution in [-0.4, -0.2) is 68.1 Å². The molecule has 4 N–H and O–H groups in total. The number of phenolic OH excluding ortho intramolecular Hbond substituents is 1. The van der Waals surface area contributed by atoms with E-state index in [-0.39, 0.29) is 38.9 Å². The second-order valence-electron chi connectivity index (χ2n) is 7.58. The second kappa shape index (κ2) is 8.27. The normalized spacial score (nSPS) is 16.8. The fraction of sp³-hybridized carbons (Fsp3) is 0.261. The van der Waals surface area contributed by atoms with Gasteiger partial charge in [-0.2, -0.15) is 0 Å². The number of fused-ring (bicyclic) bond motifs is 4. The maximum Gasteiger partial charge on any atom is 0.198 e. The number of carbonyl (C=O) groups is 2. The maximum absolute atomic E-state index is 14.4. The third-order valence-corrected chi connectivity index (χ3v) is 5.47. The van der Waals surface area contributed by atoms with E-state index in [2.05, 4.69) is 4.98 Å². The molecule has 0 radical (unpaired) electrons. The Morgan fingerprint density at radius 3 is 2.22 bits per heavy atom. The highest BCUT2D eigenvalue weighted by Gasteiger charge is 2.37. The molecule has 4 rings (SSSR count). The molecule has 4 unspecified atom stereocenters. The summed E-state index contributed by atoms with van der Waals surface area (Å²) in [6.45, 7) is 0.371. The minimum atomic E-state index is -2.13. The lowest BCUT2D eigenvalue weighted by molar-refractivity contribution is -0.0873. The predicted octanol–water partition coefficient (Wildman–Crippen LogP) is 1.54. The van der Waals surface area contributed by atoms with Crippen LogP contribution in [0.25, 0.3) is 10.9 Å². The number of pyridine rings is 1. The number of carbonyl (C=O) groups excluding carboxylic acids is 2. The van der Waals surface area contributed by atoms with E-state index in [1.807, 2.05) is 0 Å². The maximum atomic E-state index is 14.4. The molecule has 0 saturated heterocycles. The highest BCUT2D eigenvalue weighted by atomic mass is 19.1. The third kappa shape index (κ3) is 3.40. The lowest BCUT2D eigenvalue weighted by Gasteiger charge is -2.25. The zero-order valence-electron chi connectivity index (χ0n) is 16.9. The Bertz CT molecular complexity index is 1230. The zero-order chi connectivity index (χ0) is 23.2. The zero-order valence-corrected chi connectivity index (χ0v) is 16.9. The molecule has 166 valence electrons. The smallest absolute Gasteiger partial charge is 0.198 e. The molecule has 0 amide bonds. The van der Waals surface area contributed by atoms with Crippen molar-refractivity contribution in [2.24, 2.45) is 0 Å². The van der Waals surface area contributed by atoms with Crippen molar-refractivity contribution in [2.75, 3.05) is 6.61 Å². The van der Waals surface area contributed by atoms with Crippen molar-refractivity contribution in [3.63, 3.8) is 0 Å². The van der Waals surface area contributed by atoms with E-state index in [9.17, 15) is 34.4 Å². The first-order chi connectivity index (χ1) is 15.2. The van der Waals surface area contributed by atoms with Crippen LogP contribution in [0.3, 0.4) is 0 Å². The molecule has 0 bridgehead atoms. The molecule has 1 heterocycles. The molecule has 0 aliphatic heterocycles. The third-order valence-electron chi connectivity index (χ3n) is 5.47. The number of hydrogen-bond acceptors (Lipinski definition) is 8. The van der Waals surface area contributed by atoms with E-state index in [0.717, 1.165) is 0 Å². The quantitative estimate of drug-likeness (QED) is 0.354. The van der Waals surface area contributed by atoms with Crippen LogP contribution in [0, 0.1) is 0 Å². The van der Waals surface area contributed by atoms with Gasteiger partial charge in [-0.15, -0.1) is 0 Å². The molecule has 0 fully saturated rings. The average Bonchev–Trinajstić information content (AvgIpc) is 2.80. The van der Waals surface area contributed by atoms with E-state index in [4.69, 9.17) is 4.74 Å². The first-order valence-corrected chi connectivity index (χ1v) is 9.87. The van der Waals surface area contributed by atoms with E-state index in [1.54, 1.807) is 18.2 Å². The molecule has 9 heteroatoms. The number of hydrogen-bond donors (Lipinski definition) is 4. The highest BCUT2D eigenvalue weighted by Crippen LogP contribution is 2.44. The molecule has 32 heavy (non-hydrogen) atoms. The van der Waals surface area contributed by atoms with Gasteiger partial charge in [0.1, 0.15) is 24.3 Å². The molecule has 3 aromatic rings. The van der Waals surface area contributed by atoms with Crippen molar-refractivity contribution in [2.45, 2.75) is 31.4 Å². The first-order valence-electron chi connectivity index (χ1n) is 9.87. The number of rotatable bonds is 6. The largest absolute Gasteiger partial charge is 0.504 e. The molecule has 0 spiro atoms. The van der Waals surface area contributed by atoms with E-state index >= 15 is 0 Å². The van der Waals surface area contributed by atoms with Gasteiger partial charge >= 0.3 is 0 Å². The number of ketones is 2. The number of aromatic hydroxyl groups is 1. The number of phenols is 1. The number of ether oxygens (including phenoxy) is 1. The fourth-order valence-electron chi connectivity index (χ4n) is 3.77. The van der Waals surface area contributed by atoms with Crippen molar-refractivity contribution in [1.29, 1.82) is 0 Å². The minimum Gasteiger partial charge on any atom is -0.504 e. The molecule has 2 aromatic carbocycles. The summed E-state index contributed by atoms with van der Waals surface area (Å²) in [7, 11) is 0. The molecule has 4 atom stereocenters. The lowest BCUT2D eigenvalue weighted by atomic mass is 9.81. The van der Waals surface area contributed by atoms with Crippen LogP contribution in [0.2, 0.25) is 0 Å². The van der Waals surface area contributed by atoms with E-state index in [1.165, 1.54) is 31.3 Å². The van der Waals surface area contributed by atoms with Gasteiger partial charge in [-0.25, -0.2) is 4.39 Å².